The number of hydrogen-bond donors (Lipinski definition) is 1. The molecule has 0 amide bonds. The molecule has 14 heavy (non-hydrogen) atoms. The van der Waals surface area contributed by atoms with Crippen LogP contribution < -0.4 is 5.73 Å². The molecule has 0 atom stereocenters. The maximum absolute atomic E-state index is 11.7. The molecule has 0 fully saturated rings. The quantitative estimate of drug-likeness (QED) is 0.640. The zero-order chi connectivity index (χ0) is 11.2. The van der Waals surface area contributed by atoms with E-state index in [9.17, 15) is 8.42 Å². The van der Waals surface area contributed by atoms with Gasteiger partial charge in [-0.15, -0.1) is 0 Å². The van der Waals surface area contributed by atoms with E-state index in [0.29, 0.717) is 13.1 Å². The van der Waals surface area contributed by atoms with Crippen LogP contribution in [0.1, 0.15) is 13.8 Å². The van der Waals surface area contributed by atoms with Crippen LogP contribution in [0.4, 0.5) is 0 Å². The lowest BCUT2D eigenvalue weighted by Gasteiger charge is -2.25. The van der Waals surface area contributed by atoms with Crippen LogP contribution >= 0.6 is 0 Å². The van der Waals surface area contributed by atoms with Crippen LogP contribution in [0.3, 0.4) is 0 Å². The molecule has 2 N–H and O–H groups in total. The number of nitrogens with two attached hydrogens (primary N) is 1. The second-order valence-electron chi connectivity index (χ2n) is 3.30. The second kappa shape index (κ2) is 6.34. The van der Waals surface area contributed by atoms with Gasteiger partial charge in [0.05, 0.1) is 12.4 Å². The van der Waals surface area contributed by atoms with E-state index in [1.807, 2.05) is 13.8 Å². The highest BCUT2D eigenvalue weighted by molar-refractivity contribution is 7.89. The van der Waals surface area contributed by atoms with Crippen LogP contribution in [-0.2, 0) is 14.8 Å². The van der Waals surface area contributed by atoms with E-state index in [1.165, 1.54) is 11.4 Å². The molecule has 6 heteroatoms. The molecule has 0 aromatic rings. The van der Waals surface area contributed by atoms with E-state index < -0.39 is 10.0 Å². The van der Waals surface area contributed by atoms with Gasteiger partial charge in [-0.3, -0.25) is 0 Å². The van der Waals surface area contributed by atoms with Gasteiger partial charge in [0.2, 0.25) is 10.0 Å². The topological polar surface area (TPSA) is 72.6 Å². The van der Waals surface area contributed by atoms with Crippen molar-refractivity contribution in [3.63, 3.8) is 0 Å². The molecule has 86 valence electrons. The van der Waals surface area contributed by atoms with Crippen molar-refractivity contribution in [1.82, 2.24) is 4.31 Å². The van der Waals surface area contributed by atoms with Gasteiger partial charge < -0.3 is 10.5 Å². The SMILES string of the molecule is COCCS(=O)(=O)N(CCN)C(C)C. The Kier molecular flexibility index (Phi) is 6.26. The monoisotopic (exact) mass is 224 g/mol. The highest BCUT2D eigenvalue weighted by Gasteiger charge is 2.23. The van der Waals surface area contributed by atoms with Crippen molar-refractivity contribution in [2.24, 2.45) is 5.73 Å². The summed E-state index contributed by atoms with van der Waals surface area (Å²) in [6.45, 7) is 4.59. The Bertz CT molecular complexity index is 239. The molecule has 0 spiro atoms. The molecule has 0 saturated carbocycles. The smallest absolute Gasteiger partial charge is 0.216 e. The van der Waals surface area contributed by atoms with Crippen LogP contribution in [0.15, 0.2) is 0 Å². The Morgan fingerprint density at radius 3 is 2.36 bits per heavy atom. The van der Waals surface area contributed by atoms with Gasteiger partial charge in [0, 0.05) is 26.2 Å². The van der Waals surface area contributed by atoms with Crippen LogP contribution in [0.5, 0.6) is 0 Å². The molecular weight excluding hydrogens is 204 g/mol. The Morgan fingerprint density at radius 1 is 1.43 bits per heavy atom. The zero-order valence-corrected chi connectivity index (χ0v) is 9.88. The minimum absolute atomic E-state index is 0.0156. The lowest BCUT2D eigenvalue weighted by Crippen LogP contribution is -2.42. The highest BCUT2D eigenvalue weighted by Crippen LogP contribution is 2.06. The predicted molar refractivity (Wildman–Crippen MR) is 56.6 cm³/mol. The molecule has 0 aliphatic heterocycles. The normalized spacial score (nSPS) is 12.7. The number of methoxy groups -OCH3 is 1. The van der Waals surface area contributed by atoms with Crippen molar-refractivity contribution in [2.75, 3.05) is 32.6 Å². The molecule has 0 radical (unpaired) electrons. The fourth-order valence-electron chi connectivity index (χ4n) is 1.15. The van der Waals surface area contributed by atoms with Gasteiger partial charge in [0.1, 0.15) is 0 Å². The van der Waals surface area contributed by atoms with Gasteiger partial charge >= 0.3 is 0 Å². The zero-order valence-electron chi connectivity index (χ0n) is 9.06. The van der Waals surface area contributed by atoms with E-state index in [-0.39, 0.29) is 18.4 Å². The third-order valence-electron chi connectivity index (χ3n) is 1.83. The molecular formula is C8H20N2O3S. The molecule has 0 aromatic heterocycles. The second-order valence-corrected chi connectivity index (χ2v) is 5.34. The van der Waals surface area contributed by atoms with Gasteiger partial charge in [0.15, 0.2) is 0 Å². The van der Waals surface area contributed by atoms with Crippen molar-refractivity contribution < 1.29 is 13.2 Å². The predicted octanol–water partition coefficient (Wildman–Crippen LogP) is -0.368. The third-order valence-corrected chi connectivity index (χ3v) is 3.83. The summed E-state index contributed by atoms with van der Waals surface area (Å²) in [5.41, 5.74) is 5.36. The summed E-state index contributed by atoms with van der Waals surface area (Å²) >= 11 is 0. The largest absolute Gasteiger partial charge is 0.384 e. The van der Waals surface area contributed by atoms with Gasteiger partial charge in [-0.05, 0) is 13.8 Å². The summed E-state index contributed by atoms with van der Waals surface area (Å²) in [7, 11) is -1.73. The first-order valence-electron chi connectivity index (χ1n) is 4.64. The molecule has 0 saturated heterocycles. The van der Waals surface area contributed by atoms with Gasteiger partial charge in [0.25, 0.3) is 0 Å². The van der Waals surface area contributed by atoms with Crippen molar-refractivity contribution in [3.8, 4) is 0 Å². The summed E-state index contributed by atoms with van der Waals surface area (Å²) in [6, 6.07) is -0.0552. The Morgan fingerprint density at radius 2 is 2.00 bits per heavy atom. The Hall–Kier alpha value is -0.170. The number of ether oxygens (including phenoxy) is 1. The van der Waals surface area contributed by atoms with Crippen LogP contribution in [0.25, 0.3) is 0 Å². The highest BCUT2D eigenvalue weighted by atomic mass is 32.2. The Balaban J connectivity index is 4.46. The molecule has 0 unspecified atom stereocenters. The van der Waals surface area contributed by atoms with Gasteiger partial charge in [-0.25, -0.2) is 8.42 Å². The fraction of sp³-hybridized carbons (Fsp3) is 1.00. The molecule has 0 heterocycles. The summed E-state index contributed by atoms with van der Waals surface area (Å²) in [5.74, 6) is 0.0156. The summed E-state index contributed by atoms with van der Waals surface area (Å²) in [4.78, 5) is 0. The van der Waals surface area contributed by atoms with E-state index in [0.717, 1.165) is 0 Å². The first-order chi connectivity index (χ1) is 6.45. The molecule has 0 bridgehead atoms. The van der Waals surface area contributed by atoms with Gasteiger partial charge in [-0.1, -0.05) is 0 Å². The number of sulfonamides is 1. The first kappa shape index (κ1) is 13.8. The lowest BCUT2D eigenvalue weighted by atomic mass is 10.4. The van der Waals surface area contributed by atoms with Crippen molar-refractivity contribution in [2.45, 2.75) is 19.9 Å². The van der Waals surface area contributed by atoms with E-state index in [1.54, 1.807) is 0 Å². The molecule has 5 nitrogen and oxygen atoms in total. The van der Waals surface area contributed by atoms with Crippen LogP contribution in [0.2, 0.25) is 0 Å². The summed E-state index contributed by atoms with van der Waals surface area (Å²) < 4.78 is 29.6. The number of rotatable bonds is 7. The summed E-state index contributed by atoms with van der Waals surface area (Å²) in [6.07, 6.45) is 0. The standard InChI is InChI=1S/C8H20N2O3S/c1-8(2)10(5-4-9)14(11,12)7-6-13-3/h8H,4-7,9H2,1-3H3. The first-order valence-corrected chi connectivity index (χ1v) is 6.25. The minimum atomic E-state index is -3.22. The maximum atomic E-state index is 11.7. The fourth-order valence-corrected chi connectivity index (χ4v) is 2.79. The minimum Gasteiger partial charge on any atom is -0.384 e. The van der Waals surface area contributed by atoms with Crippen molar-refractivity contribution >= 4 is 10.0 Å². The van der Waals surface area contributed by atoms with E-state index in [4.69, 9.17) is 10.5 Å². The third kappa shape index (κ3) is 4.36. The average molecular weight is 224 g/mol. The molecule has 0 aliphatic carbocycles. The average Bonchev–Trinajstić information content (AvgIpc) is 2.10. The van der Waals surface area contributed by atoms with Gasteiger partial charge in [-0.2, -0.15) is 4.31 Å². The maximum Gasteiger partial charge on any atom is 0.216 e. The van der Waals surface area contributed by atoms with Crippen molar-refractivity contribution in [3.05, 3.63) is 0 Å². The summed E-state index contributed by atoms with van der Waals surface area (Å²) in [5, 5.41) is 0. The van der Waals surface area contributed by atoms with Crippen molar-refractivity contribution in [1.29, 1.82) is 0 Å². The number of nitrogens with zero attached hydrogens (tertiary/aromatic N) is 1. The Labute approximate surface area is 86.3 Å². The van der Waals surface area contributed by atoms with E-state index in [2.05, 4.69) is 0 Å². The molecule has 0 rings (SSSR count). The van der Waals surface area contributed by atoms with Crippen LogP contribution in [0, 0.1) is 0 Å². The molecule has 0 aromatic carbocycles. The number of hydrogen-bond acceptors (Lipinski definition) is 4. The van der Waals surface area contributed by atoms with Crippen LogP contribution in [-0.4, -0.2) is 51.3 Å². The van der Waals surface area contributed by atoms with E-state index >= 15 is 0 Å². The lowest BCUT2D eigenvalue weighted by molar-refractivity contribution is 0.214. The molecule has 0 aliphatic rings.